The van der Waals surface area contributed by atoms with Crippen molar-refractivity contribution in [2.75, 3.05) is 32.8 Å². The van der Waals surface area contributed by atoms with Crippen molar-refractivity contribution in [3.63, 3.8) is 0 Å². The molecule has 0 aromatic heterocycles. The van der Waals surface area contributed by atoms with Gasteiger partial charge in [-0.3, -0.25) is 4.79 Å². The summed E-state index contributed by atoms with van der Waals surface area (Å²) in [5.41, 5.74) is 2.14. The average Bonchev–Trinajstić information content (AvgIpc) is 2.39. The number of piperazine rings is 1. The van der Waals surface area contributed by atoms with E-state index in [1.165, 1.54) is 0 Å². The van der Waals surface area contributed by atoms with Gasteiger partial charge in [-0.05, 0) is 25.0 Å². The maximum atomic E-state index is 12.0. The fourth-order valence-corrected chi connectivity index (χ4v) is 2.17. The van der Waals surface area contributed by atoms with Crippen LogP contribution in [0.2, 0.25) is 0 Å². The highest BCUT2D eigenvalue weighted by Gasteiger charge is 2.17. The van der Waals surface area contributed by atoms with E-state index in [4.69, 9.17) is 4.74 Å². The Morgan fingerprint density at radius 2 is 1.89 bits per heavy atom. The lowest BCUT2D eigenvalue weighted by Gasteiger charge is -2.27. The lowest BCUT2D eigenvalue weighted by molar-refractivity contribution is -0.133. The van der Waals surface area contributed by atoms with Gasteiger partial charge in [-0.15, -0.1) is 0 Å². The Balaban J connectivity index is 1.92. The molecule has 1 aromatic rings. The summed E-state index contributed by atoms with van der Waals surface area (Å²) in [6.45, 7) is 7.41. The van der Waals surface area contributed by atoms with Gasteiger partial charge in [0.25, 0.3) is 5.91 Å². The molecular formula is C14H20N2O2. The van der Waals surface area contributed by atoms with E-state index in [-0.39, 0.29) is 12.5 Å². The van der Waals surface area contributed by atoms with Crippen molar-refractivity contribution in [1.29, 1.82) is 0 Å². The number of hydrogen-bond acceptors (Lipinski definition) is 3. The van der Waals surface area contributed by atoms with Crippen molar-refractivity contribution in [3.05, 3.63) is 29.3 Å². The van der Waals surface area contributed by atoms with Crippen LogP contribution in [0.5, 0.6) is 5.75 Å². The van der Waals surface area contributed by atoms with Crippen molar-refractivity contribution < 1.29 is 9.53 Å². The second-order valence-corrected chi connectivity index (χ2v) is 4.64. The molecule has 1 N–H and O–H groups in total. The zero-order chi connectivity index (χ0) is 13.0. The van der Waals surface area contributed by atoms with Gasteiger partial charge in [0.1, 0.15) is 5.75 Å². The van der Waals surface area contributed by atoms with E-state index in [1.807, 2.05) is 36.9 Å². The van der Waals surface area contributed by atoms with E-state index >= 15 is 0 Å². The first-order valence-corrected chi connectivity index (χ1v) is 6.36. The van der Waals surface area contributed by atoms with Crippen LogP contribution >= 0.6 is 0 Å². The molecule has 0 spiro atoms. The molecule has 98 valence electrons. The summed E-state index contributed by atoms with van der Waals surface area (Å²) >= 11 is 0. The second-order valence-electron chi connectivity index (χ2n) is 4.64. The van der Waals surface area contributed by atoms with Gasteiger partial charge < -0.3 is 15.0 Å². The third-order valence-electron chi connectivity index (χ3n) is 3.22. The normalized spacial score (nSPS) is 15.6. The van der Waals surface area contributed by atoms with Crippen LogP contribution in [-0.4, -0.2) is 43.6 Å². The second kappa shape index (κ2) is 5.87. The zero-order valence-electron chi connectivity index (χ0n) is 11.0. The highest BCUT2D eigenvalue weighted by atomic mass is 16.5. The monoisotopic (exact) mass is 248 g/mol. The Kier molecular flexibility index (Phi) is 4.20. The van der Waals surface area contributed by atoms with Crippen LogP contribution in [-0.2, 0) is 4.79 Å². The Morgan fingerprint density at radius 1 is 1.28 bits per heavy atom. The van der Waals surface area contributed by atoms with E-state index in [9.17, 15) is 4.79 Å². The van der Waals surface area contributed by atoms with Gasteiger partial charge in [-0.2, -0.15) is 0 Å². The summed E-state index contributed by atoms with van der Waals surface area (Å²) in [6, 6.07) is 5.99. The van der Waals surface area contributed by atoms with Crippen LogP contribution in [0.4, 0.5) is 0 Å². The highest BCUT2D eigenvalue weighted by Crippen LogP contribution is 2.22. The van der Waals surface area contributed by atoms with E-state index in [0.717, 1.165) is 43.1 Å². The number of carbonyl (C=O) groups excluding carboxylic acids is 1. The molecule has 0 aliphatic carbocycles. The van der Waals surface area contributed by atoms with Gasteiger partial charge in [0.05, 0.1) is 0 Å². The molecule has 0 saturated carbocycles. The number of hydrogen-bond donors (Lipinski definition) is 1. The van der Waals surface area contributed by atoms with Crippen molar-refractivity contribution >= 4 is 5.91 Å². The molecule has 2 rings (SSSR count). The van der Waals surface area contributed by atoms with Gasteiger partial charge in [0.2, 0.25) is 0 Å². The van der Waals surface area contributed by atoms with E-state index in [2.05, 4.69) is 5.32 Å². The van der Waals surface area contributed by atoms with Crippen LogP contribution in [0.3, 0.4) is 0 Å². The fraction of sp³-hybridized carbons (Fsp3) is 0.500. The quantitative estimate of drug-likeness (QED) is 0.871. The van der Waals surface area contributed by atoms with Crippen LogP contribution in [0.25, 0.3) is 0 Å². The summed E-state index contributed by atoms with van der Waals surface area (Å²) in [5, 5.41) is 3.23. The first kappa shape index (κ1) is 12.9. The van der Waals surface area contributed by atoms with Crippen molar-refractivity contribution in [1.82, 2.24) is 10.2 Å². The summed E-state index contributed by atoms with van der Waals surface area (Å²) in [7, 11) is 0. The topological polar surface area (TPSA) is 41.6 Å². The first-order chi connectivity index (χ1) is 8.68. The molecule has 1 fully saturated rings. The lowest BCUT2D eigenvalue weighted by Crippen LogP contribution is -2.48. The number of amides is 1. The average molecular weight is 248 g/mol. The molecular weight excluding hydrogens is 228 g/mol. The molecule has 0 unspecified atom stereocenters. The van der Waals surface area contributed by atoms with E-state index in [1.54, 1.807) is 0 Å². The number of nitrogens with zero attached hydrogens (tertiary/aromatic N) is 1. The van der Waals surface area contributed by atoms with Crippen LogP contribution in [0.15, 0.2) is 18.2 Å². The number of nitrogens with one attached hydrogen (secondary N) is 1. The predicted molar refractivity (Wildman–Crippen MR) is 70.9 cm³/mol. The molecule has 0 bridgehead atoms. The zero-order valence-corrected chi connectivity index (χ0v) is 11.0. The fourth-order valence-electron chi connectivity index (χ4n) is 2.17. The van der Waals surface area contributed by atoms with Gasteiger partial charge in [0, 0.05) is 26.2 Å². The van der Waals surface area contributed by atoms with Crippen molar-refractivity contribution in [2.45, 2.75) is 13.8 Å². The molecule has 1 amide bonds. The number of benzene rings is 1. The van der Waals surface area contributed by atoms with Crippen LogP contribution in [0, 0.1) is 13.8 Å². The Labute approximate surface area is 108 Å². The summed E-state index contributed by atoms with van der Waals surface area (Å²) in [6.07, 6.45) is 0. The molecule has 1 saturated heterocycles. The number of para-hydroxylation sites is 1. The maximum absolute atomic E-state index is 12.0. The standard InChI is InChI=1S/C14H20N2O2/c1-11-4-3-5-12(2)14(11)18-10-13(17)16-8-6-15-7-9-16/h3-5,15H,6-10H2,1-2H3. The molecule has 1 heterocycles. The van der Waals surface area contributed by atoms with E-state index in [0.29, 0.717) is 0 Å². The molecule has 4 heteroatoms. The Bertz CT molecular complexity index is 406. The molecule has 1 aromatic carbocycles. The number of ether oxygens (including phenoxy) is 1. The molecule has 0 radical (unpaired) electrons. The largest absolute Gasteiger partial charge is 0.483 e. The molecule has 1 aliphatic heterocycles. The number of carbonyl (C=O) groups is 1. The Morgan fingerprint density at radius 3 is 2.50 bits per heavy atom. The van der Waals surface area contributed by atoms with Crippen molar-refractivity contribution in [2.24, 2.45) is 0 Å². The summed E-state index contributed by atoms with van der Waals surface area (Å²) in [5.74, 6) is 0.903. The lowest BCUT2D eigenvalue weighted by atomic mass is 10.1. The highest BCUT2D eigenvalue weighted by molar-refractivity contribution is 5.78. The minimum atomic E-state index is 0.0687. The van der Waals surface area contributed by atoms with Gasteiger partial charge >= 0.3 is 0 Å². The van der Waals surface area contributed by atoms with E-state index < -0.39 is 0 Å². The maximum Gasteiger partial charge on any atom is 0.260 e. The molecule has 4 nitrogen and oxygen atoms in total. The number of aryl methyl sites for hydroxylation is 2. The molecule has 1 aliphatic rings. The van der Waals surface area contributed by atoms with Crippen LogP contribution < -0.4 is 10.1 Å². The van der Waals surface area contributed by atoms with Crippen LogP contribution in [0.1, 0.15) is 11.1 Å². The predicted octanol–water partition coefficient (Wildman–Crippen LogP) is 1.11. The smallest absolute Gasteiger partial charge is 0.260 e. The first-order valence-electron chi connectivity index (χ1n) is 6.36. The molecule has 0 atom stereocenters. The minimum Gasteiger partial charge on any atom is -0.483 e. The summed E-state index contributed by atoms with van der Waals surface area (Å²) < 4.78 is 5.67. The van der Waals surface area contributed by atoms with Gasteiger partial charge in [0.15, 0.2) is 6.61 Å². The third-order valence-corrected chi connectivity index (χ3v) is 3.22. The SMILES string of the molecule is Cc1cccc(C)c1OCC(=O)N1CCNCC1. The minimum absolute atomic E-state index is 0.0687. The third kappa shape index (κ3) is 3.01. The van der Waals surface area contributed by atoms with Crippen molar-refractivity contribution in [3.8, 4) is 5.75 Å². The van der Waals surface area contributed by atoms with Gasteiger partial charge in [-0.25, -0.2) is 0 Å². The number of rotatable bonds is 3. The summed E-state index contributed by atoms with van der Waals surface area (Å²) in [4.78, 5) is 13.8. The molecule has 18 heavy (non-hydrogen) atoms. The Hall–Kier alpha value is -1.55. The van der Waals surface area contributed by atoms with Gasteiger partial charge in [-0.1, -0.05) is 18.2 Å².